The van der Waals surface area contributed by atoms with E-state index >= 15 is 0 Å². The molecule has 0 saturated heterocycles. The lowest BCUT2D eigenvalue weighted by molar-refractivity contribution is 0.0244. The molecule has 186 valence electrons. The van der Waals surface area contributed by atoms with Crippen LogP contribution in [0.3, 0.4) is 0 Å². The summed E-state index contributed by atoms with van der Waals surface area (Å²) in [4.78, 5) is 12.8. The van der Waals surface area contributed by atoms with Gasteiger partial charge in [-0.2, -0.15) is 0 Å². The van der Waals surface area contributed by atoms with Crippen LogP contribution in [0.2, 0.25) is 18.1 Å². The number of aryl methyl sites for hydroxylation is 1. The molecule has 5 nitrogen and oxygen atoms in total. The maximum Gasteiger partial charge on any atom is 0.336 e. The van der Waals surface area contributed by atoms with Crippen molar-refractivity contribution in [3.63, 3.8) is 0 Å². The molecule has 4 rings (SSSR count). The van der Waals surface area contributed by atoms with Gasteiger partial charge in [0.05, 0.1) is 22.6 Å². The van der Waals surface area contributed by atoms with Crippen molar-refractivity contribution in [2.75, 3.05) is 0 Å². The number of hydrogen-bond donors (Lipinski definition) is 0. The van der Waals surface area contributed by atoms with Crippen LogP contribution in [0.1, 0.15) is 84.6 Å². The van der Waals surface area contributed by atoms with Gasteiger partial charge in [0.25, 0.3) is 0 Å². The Hall–Kier alpha value is -2.05. The van der Waals surface area contributed by atoms with Crippen molar-refractivity contribution in [1.29, 1.82) is 0 Å². The van der Waals surface area contributed by atoms with Gasteiger partial charge in [0.2, 0.25) is 0 Å². The molecule has 2 aromatic rings. The maximum atomic E-state index is 12.8. The van der Waals surface area contributed by atoms with Crippen LogP contribution < -0.4 is 15.1 Å². The molecule has 0 N–H and O–H groups in total. The molecular formula is C28H40O5Si. The van der Waals surface area contributed by atoms with Gasteiger partial charge in [0.15, 0.2) is 13.9 Å². The first kappa shape index (κ1) is 25.1. The molecule has 0 aliphatic carbocycles. The van der Waals surface area contributed by atoms with Gasteiger partial charge in [-0.1, -0.05) is 41.0 Å². The van der Waals surface area contributed by atoms with Crippen molar-refractivity contribution < 1.29 is 18.3 Å². The molecule has 1 aromatic carbocycles. The Balaban J connectivity index is 2.10. The van der Waals surface area contributed by atoms with Crippen molar-refractivity contribution in [2.24, 2.45) is 5.92 Å². The number of rotatable bonds is 4. The molecule has 0 radical (unpaired) electrons. The van der Waals surface area contributed by atoms with Crippen LogP contribution in [0.15, 0.2) is 21.4 Å². The quantitative estimate of drug-likeness (QED) is 0.334. The zero-order chi connectivity index (χ0) is 25.2. The van der Waals surface area contributed by atoms with E-state index < -0.39 is 13.9 Å². The Kier molecular flexibility index (Phi) is 6.09. The van der Waals surface area contributed by atoms with E-state index in [-0.39, 0.29) is 28.8 Å². The summed E-state index contributed by atoms with van der Waals surface area (Å²) in [6.45, 7) is 21.7. The Morgan fingerprint density at radius 3 is 2.44 bits per heavy atom. The van der Waals surface area contributed by atoms with Gasteiger partial charge in [-0.25, -0.2) is 4.79 Å². The van der Waals surface area contributed by atoms with Crippen molar-refractivity contribution in [1.82, 2.24) is 0 Å². The average Bonchev–Trinajstić information content (AvgIpc) is 2.69. The lowest BCUT2D eigenvalue weighted by Crippen LogP contribution is -2.45. The first-order chi connectivity index (χ1) is 15.7. The molecule has 0 spiro atoms. The summed E-state index contributed by atoms with van der Waals surface area (Å²) in [6.07, 6.45) is 5.55. The zero-order valence-corrected chi connectivity index (χ0v) is 23.4. The van der Waals surface area contributed by atoms with Crippen LogP contribution in [0.5, 0.6) is 11.5 Å². The highest BCUT2D eigenvalue weighted by Crippen LogP contribution is 2.54. The average molecular weight is 485 g/mol. The number of ether oxygens (including phenoxy) is 2. The van der Waals surface area contributed by atoms with Crippen LogP contribution in [0.4, 0.5) is 0 Å². The standard InChI is InChI=1S/C28H40O5Si/c1-11-12-18-15-20(29)31-26-21(18)25-19(13-14-28(7,8)32-25)24-22(26)23(16(2)17(3)30-24)33-34(9,10)27(4,5)6/h13-17,23H,11-12H2,1-10H3/t16-,17-,23-/m0/s1. The molecule has 0 amide bonds. The van der Waals surface area contributed by atoms with Crippen LogP contribution in [0.25, 0.3) is 17.0 Å². The van der Waals surface area contributed by atoms with Gasteiger partial charge in [0.1, 0.15) is 23.2 Å². The minimum atomic E-state index is -2.15. The van der Waals surface area contributed by atoms with Crippen molar-refractivity contribution in [3.8, 4) is 11.5 Å². The second-order valence-corrected chi connectivity index (χ2v) is 16.8. The second kappa shape index (κ2) is 8.27. The molecule has 0 bridgehead atoms. The van der Waals surface area contributed by atoms with Crippen LogP contribution in [-0.4, -0.2) is 20.0 Å². The fourth-order valence-electron chi connectivity index (χ4n) is 4.62. The molecular weight excluding hydrogens is 444 g/mol. The Morgan fingerprint density at radius 1 is 1.15 bits per heavy atom. The minimum absolute atomic E-state index is 0.0414. The lowest BCUT2D eigenvalue weighted by atomic mass is 9.85. The summed E-state index contributed by atoms with van der Waals surface area (Å²) in [7, 11) is -2.15. The van der Waals surface area contributed by atoms with Gasteiger partial charge < -0.3 is 18.3 Å². The van der Waals surface area contributed by atoms with Gasteiger partial charge >= 0.3 is 5.63 Å². The molecule has 0 fully saturated rings. The van der Waals surface area contributed by atoms with Gasteiger partial charge in [-0.05, 0) is 63.0 Å². The maximum absolute atomic E-state index is 12.8. The first-order valence-corrected chi connectivity index (χ1v) is 15.5. The van der Waals surface area contributed by atoms with Crippen LogP contribution in [0, 0.1) is 5.92 Å². The van der Waals surface area contributed by atoms with Gasteiger partial charge in [-0.15, -0.1) is 0 Å². The number of hydrogen-bond acceptors (Lipinski definition) is 5. The number of benzene rings is 1. The van der Waals surface area contributed by atoms with Crippen molar-refractivity contribution in [2.45, 2.75) is 104 Å². The van der Waals surface area contributed by atoms with E-state index in [1.165, 1.54) is 0 Å². The molecule has 2 aliphatic heterocycles. The van der Waals surface area contributed by atoms with Crippen LogP contribution in [-0.2, 0) is 10.8 Å². The third kappa shape index (κ3) is 4.13. The molecule has 0 unspecified atom stereocenters. The van der Waals surface area contributed by atoms with E-state index in [2.05, 4.69) is 66.8 Å². The summed E-state index contributed by atoms with van der Waals surface area (Å²) in [5.41, 5.74) is 2.46. The highest BCUT2D eigenvalue weighted by atomic mass is 28.4. The normalized spacial score (nSPS) is 23.8. The fraction of sp³-hybridized carbons (Fsp3) is 0.607. The predicted octanol–water partition coefficient (Wildman–Crippen LogP) is 7.41. The molecule has 34 heavy (non-hydrogen) atoms. The van der Waals surface area contributed by atoms with Gasteiger partial charge in [0, 0.05) is 12.0 Å². The fourth-order valence-corrected chi connectivity index (χ4v) is 5.94. The monoisotopic (exact) mass is 484 g/mol. The lowest BCUT2D eigenvalue weighted by Gasteiger charge is -2.45. The van der Waals surface area contributed by atoms with Gasteiger partial charge in [-0.3, -0.25) is 0 Å². The molecule has 6 heteroatoms. The van der Waals surface area contributed by atoms with Crippen molar-refractivity contribution >= 4 is 25.4 Å². The third-order valence-electron chi connectivity index (χ3n) is 7.82. The molecule has 3 heterocycles. The van der Waals surface area contributed by atoms with E-state index in [0.717, 1.165) is 46.4 Å². The van der Waals surface area contributed by atoms with Crippen LogP contribution >= 0.6 is 0 Å². The van der Waals surface area contributed by atoms with E-state index in [4.69, 9.17) is 18.3 Å². The van der Waals surface area contributed by atoms with E-state index in [9.17, 15) is 4.79 Å². The summed E-state index contributed by atoms with van der Waals surface area (Å²) in [6, 6.07) is 1.62. The Morgan fingerprint density at radius 2 is 1.82 bits per heavy atom. The minimum Gasteiger partial charge on any atom is -0.489 e. The SMILES string of the molecule is CCCc1cc(=O)oc2c3c(c4c(c12)OC(C)(C)C=C4)O[C@@H](C)[C@H](C)[C@@H]3O[Si](C)(C)C(C)(C)C. The third-order valence-corrected chi connectivity index (χ3v) is 12.3. The van der Waals surface area contributed by atoms with E-state index in [0.29, 0.717) is 5.58 Å². The number of fused-ring (bicyclic) bond motifs is 6. The second-order valence-electron chi connectivity index (χ2n) is 12.1. The summed E-state index contributed by atoms with van der Waals surface area (Å²) >= 11 is 0. The largest absolute Gasteiger partial charge is 0.489 e. The zero-order valence-electron chi connectivity index (χ0n) is 22.4. The molecule has 1 aromatic heterocycles. The molecule has 0 saturated carbocycles. The highest BCUT2D eigenvalue weighted by molar-refractivity contribution is 6.74. The predicted molar refractivity (Wildman–Crippen MR) is 140 cm³/mol. The smallest absolute Gasteiger partial charge is 0.336 e. The summed E-state index contributed by atoms with van der Waals surface area (Å²) in [5, 5.41) is 0.918. The summed E-state index contributed by atoms with van der Waals surface area (Å²) < 4.78 is 26.1. The highest BCUT2D eigenvalue weighted by Gasteiger charge is 2.46. The molecule has 3 atom stereocenters. The van der Waals surface area contributed by atoms with E-state index in [1.54, 1.807) is 6.07 Å². The Bertz CT molecular complexity index is 1200. The van der Waals surface area contributed by atoms with E-state index in [1.807, 2.05) is 13.8 Å². The van der Waals surface area contributed by atoms with Crippen molar-refractivity contribution in [3.05, 3.63) is 39.3 Å². The summed E-state index contributed by atoms with van der Waals surface area (Å²) in [5.74, 6) is 1.55. The first-order valence-electron chi connectivity index (χ1n) is 12.6. The topological polar surface area (TPSA) is 57.9 Å². The molecule has 2 aliphatic rings. The Labute approximate surface area is 204 Å².